The first-order chi connectivity index (χ1) is 3.50. The molecular weight excluding hydrogens is 164 g/mol. The Morgan fingerprint density at radius 2 is 2.00 bits per heavy atom. The summed E-state index contributed by atoms with van der Waals surface area (Å²) in [6.07, 6.45) is 14.0. The van der Waals surface area contributed by atoms with E-state index in [1.165, 1.54) is 0 Å². The highest BCUT2D eigenvalue weighted by Crippen LogP contribution is 1.90. The van der Waals surface area contributed by atoms with Crippen LogP contribution in [0.2, 0.25) is 0 Å². The van der Waals surface area contributed by atoms with Crippen molar-refractivity contribution in [1.29, 1.82) is 0 Å². The van der Waals surface area contributed by atoms with Gasteiger partial charge in [-0.15, -0.1) is 0 Å². The third-order valence-electron chi connectivity index (χ3n) is 0.808. The van der Waals surface area contributed by atoms with Crippen molar-refractivity contribution in [2.45, 2.75) is 6.42 Å². The van der Waals surface area contributed by atoms with E-state index in [2.05, 4.69) is 12.2 Å². The molecule has 0 aromatic heterocycles. The summed E-state index contributed by atoms with van der Waals surface area (Å²) >= 11 is 0. The molecule has 0 aromatic carbocycles. The molecule has 0 heterocycles. The van der Waals surface area contributed by atoms with E-state index in [1.54, 1.807) is 0 Å². The lowest BCUT2D eigenvalue weighted by Crippen LogP contribution is -3.00. The van der Waals surface area contributed by atoms with Crippen LogP contribution in [0.5, 0.6) is 0 Å². The van der Waals surface area contributed by atoms with Crippen molar-refractivity contribution < 1.29 is 17.0 Å². The monoisotopic (exact) mass is 170 g/mol. The van der Waals surface area contributed by atoms with E-state index in [4.69, 9.17) is 0 Å². The van der Waals surface area contributed by atoms with Gasteiger partial charge in [-0.1, -0.05) is 6.08 Å². The Hall–Kier alpha value is -0.390. The molecule has 1 aliphatic carbocycles. The van der Waals surface area contributed by atoms with Crippen LogP contribution in [0.15, 0.2) is 30.4 Å². The lowest BCUT2D eigenvalue weighted by atomic mass is 10.4. The van der Waals surface area contributed by atoms with Crippen LogP contribution in [-0.2, 0) is 0 Å². The fourth-order valence-electron chi connectivity index (χ4n) is 0.470. The minimum atomic E-state index is 0. The highest BCUT2D eigenvalue weighted by atomic mass is 79.9. The molecule has 0 bridgehead atoms. The summed E-state index contributed by atoms with van der Waals surface area (Å²) in [5.41, 5.74) is 0. The van der Waals surface area contributed by atoms with Crippen molar-refractivity contribution in [1.82, 2.24) is 0 Å². The molecule has 0 fully saturated rings. The van der Waals surface area contributed by atoms with Crippen LogP contribution in [0, 0.1) is 6.08 Å². The molecule has 0 nitrogen and oxygen atoms in total. The van der Waals surface area contributed by atoms with Crippen molar-refractivity contribution in [3.63, 3.8) is 0 Å². The average Bonchev–Trinajstić information content (AvgIpc) is 1.90. The summed E-state index contributed by atoms with van der Waals surface area (Å²) in [6.45, 7) is 0. The van der Waals surface area contributed by atoms with Crippen LogP contribution in [0.25, 0.3) is 0 Å². The second kappa shape index (κ2) is 4.76. The van der Waals surface area contributed by atoms with E-state index >= 15 is 0 Å². The average molecular weight is 171 g/mol. The van der Waals surface area contributed by atoms with Gasteiger partial charge in [0.05, 0.1) is 12.2 Å². The molecule has 1 heteroatoms. The third-order valence-corrected chi connectivity index (χ3v) is 0.808. The van der Waals surface area contributed by atoms with Crippen molar-refractivity contribution in [2.75, 3.05) is 0 Å². The van der Waals surface area contributed by atoms with Gasteiger partial charge in [0.25, 0.3) is 0 Å². The van der Waals surface area contributed by atoms with Gasteiger partial charge < -0.3 is 17.0 Å². The number of halogens is 1. The summed E-state index contributed by atoms with van der Waals surface area (Å²) in [5, 5.41) is 0. The molecule has 0 amide bonds. The summed E-state index contributed by atoms with van der Waals surface area (Å²) in [7, 11) is 0. The maximum atomic E-state index is 3.05. The lowest BCUT2D eigenvalue weighted by molar-refractivity contribution is -0.00000138. The van der Waals surface area contributed by atoms with Crippen molar-refractivity contribution in [3.05, 3.63) is 36.5 Å². The second-order valence-electron chi connectivity index (χ2n) is 1.39. The second-order valence-corrected chi connectivity index (χ2v) is 1.39. The lowest BCUT2D eigenvalue weighted by Gasteiger charge is -1.60. The molecule has 1 aliphatic rings. The van der Waals surface area contributed by atoms with Crippen molar-refractivity contribution >= 4 is 0 Å². The van der Waals surface area contributed by atoms with Crippen molar-refractivity contribution in [3.8, 4) is 0 Å². The molecule has 0 N–H and O–H groups in total. The van der Waals surface area contributed by atoms with Gasteiger partial charge in [0.15, 0.2) is 6.08 Å². The Kier molecular flexibility index (Phi) is 4.53. The molecule has 0 aliphatic heterocycles. The minimum absolute atomic E-state index is 0. The van der Waals surface area contributed by atoms with Gasteiger partial charge in [0, 0.05) is 6.08 Å². The van der Waals surface area contributed by atoms with Crippen LogP contribution < -0.4 is 17.0 Å². The Bertz CT molecular complexity index is 106. The van der Waals surface area contributed by atoms with E-state index < -0.39 is 0 Å². The highest BCUT2D eigenvalue weighted by Gasteiger charge is 1.82. The fourth-order valence-corrected chi connectivity index (χ4v) is 0.470. The van der Waals surface area contributed by atoms with Gasteiger partial charge in [0.1, 0.15) is 6.42 Å². The van der Waals surface area contributed by atoms with Crippen molar-refractivity contribution in [2.24, 2.45) is 0 Å². The van der Waals surface area contributed by atoms with E-state index in [-0.39, 0.29) is 17.0 Å². The van der Waals surface area contributed by atoms with Crippen LogP contribution in [0.3, 0.4) is 0 Å². The Labute approximate surface area is 60.4 Å². The zero-order chi connectivity index (χ0) is 4.95. The molecule has 0 saturated heterocycles. The number of rotatable bonds is 0. The first-order valence-electron chi connectivity index (χ1n) is 2.38. The molecule has 0 radical (unpaired) electrons. The summed E-state index contributed by atoms with van der Waals surface area (Å²) < 4.78 is 0. The molecule has 0 spiro atoms. The summed E-state index contributed by atoms with van der Waals surface area (Å²) in [4.78, 5) is 0. The van der Waals surface area contributed by atoms with Gasteiger partial charge >= 0.3 is 0 Å². The molecule has 8 heavy (non-hydrogen) atoms. The van der Waals surface area contributed by atoms with Crippen LogP contribution in [0.1, 0.15) is 6.42 Å². The zero-order valence-corrected chi connectivity index (χ0v) is 6.06. The minimum Gasteiger partial charge on any atom is -1.00 e. The number of hydrogen-bond acceptors (Lipinski definition) is 0. The molecular formula is C7H7Br. The molecule has 0 saturated carbocycles. The highest BCUT2D eigenvalue weighted by molar-refractivity contribution is 5.13. The first-order valence-corrected chi connectivity index (χ1v) is 2.38. The molecule has 42 valence electrons. The number of allylic oxidation sites excluding steroid dienone is 6. The summed E-state index contributed by atoms with van der Waals surface area (Å²) in [5.74, 6) is 0. The number of hydrogen-bond donors (Lipinski definition) is 0. The fraction of sp³-hybridized carbons (Fsp3) is 0.143. The van der Waals surface area contributed by atoms with E-state index in [0.717, 1.165) is 6.42 Å². The normalized spacial score (nSPS) is 14.0. The predicted molar refractivity (Wildman–Crippen MR) is 30.7 cm³/mol. The Morgan fingerprint density at radius 1 is 1.12 bits per heavy atom. The Balaban J connectivity index is 0.000000490. The maximum absolute atomic E-state index is 3.05. The maximum Gasteiger partial charge on any atom is 0.155 e. The SMILES string of the molecule is [Br-].[C+]1=CC=CC=CC1. The molecule has 0 atom stereocenters. The van der Waals surface area contributed by atoms with Gasteiger partial charge in [0.2, 0.25) is 0 Å². The molecule has 0 unspecified atom stereocenters. The first kappa shape index (κ1) is 7.61. The van der Waals surface area contributed by atoms with Gasteiger partial charge in [-0.25, -0.2) is 0 Å². The standard InChI is InChI=1S/C7H7.BrH/c1-2-4-6-7-5-3-1;/h1-5H,6H2;1H/q+1;/p-1. The molecule has 1 rings (SSSR count). The smallest absolute Gasteiger partial charge is 0.155 e. The quantitative estimate of drug-likeness (QED) is 0.404. The summed E-state index contributed by atoms with van der Waals surface area (Å²) in [6, 6.07) is 0. The van der Waals surface area contributed by atoms with Gasteiger partial charge in [-0.05, 0) is 6.08 Å². The van der Waals surface area contributed by atoms with E-state index in [9.17, 15) is 0 Å². The van der Waals surface area contributed by atoms with E-state index in [0.29, 0.717) is 0 Å². The molecule has 0 aromatic rings. The zero-order valence-electron chi connectivity index (χ0n) is 4.47. The predicted octanol–water partition coefficient (Wildman–Crippen LogP) is -1.13. The topological polar surface area (TPSA) is 0 Å². The van der Waals surface area contributed by atoms with Crippen LogP contribution in [-0.4, -0.2) is 0 Å². The van der Waals surface area contributed by atoms with E-state index in [1.807, 2.05) is 24.3 Å². The third kappa shape index (κ3) is 2.73. The Morgan fingerprint density at radius 3 is 2.88 bits per heavy atom. The van der Waals surface area contributed by atoms with Crippen LogP contribution >= 0.6 is 0 Å². The van der Waals surface area contributed by atoms with Crippen LogP contribution in [0.4, 0.5) is 0 Å². The largest absolute Gasteiger partial charge is 1.00 e. The van der Waals surface area contributed by atoms with Gasteiger partial charge in [-0.3, -0.25) is 0 Å². The van der Waals surface area contributed by atoms with Gasteiger partial charge in [-0.2, -0.15) is 0 Å².